The van der Waals surface area contributed by atoms with Crippen LogP contribution < -0.4 is 5.73 Å². The van der Waals surface area contributed by atoms with Gasteiger partial charge < -0.3 is 15.9 Å². The van der Waals surface area contributed by atoms with Crippen molar-refractivity contribution in [2.75, 3.05) is 0 Å². The second-order valence-corrected chi connectivity index (χ2v) is 5.03. The molecule has 0 radical (unpaired) electrons. The summed E-state index contributed by atoms with van der Waals surface area (Å²) in [4.78, 5) is 11.8. The summed E-state index contributed by atoms with van der Waals surface area (Å²) in [6.07, 6.45) is 1.62. The highest BCUT2D eigenvalue weighted by Crippen LogP contribution is 2.32. The number of carbonyl (C=O) groups is 1. The van der Waals surface area contributed by atoms with Crippen LogP contribution in [0.15, 0.2) is 48.5 Å². The van der Waals surface area contributed by atoms with E-state index in [2.05, 4.69) is 0 Å². The monoisotopic (exact) mass is 285 g/mol. The molecule has 4 heteroatoms. The topological polar surface area (TPSA) is 83.5 Å². The second-order valence-electron chi connectivity index (χ2n) is 5.03. The van der Waals surface area contributed by atoms with Crippen LogP contribution in [0, 0.1) is 0 Å². The lowest BCUT2D eigenvalue weighted by Crippen LogP contribution is -2.42. The molecule has 1 atom stereocenters. The predicted octanol–water partition coefficient (Wildman–Crippen LogP) is 2.07. The van der Waals surface area contributed by atoms with Gasteiger partial charge in [0.05, 0.1) is 0 Å². The molecule has 0 saturated carbocycles. The zero-order valence-electron chi connectivity index (χ0n) is 11.9. The SMILES string of the molecule is CCCc1ccc(C(O)(C(N)=O)c2ccccc2)cc1O. The highest BCUT2D eigenvalue weighted by molar-refractivity contribution is 5.88. The molecule has 0 fully saturated rings. The number of nitrogens with two attached hydrogens (primary N) is 1. The summed E-state index contributed by atoms with van der Waals surface area (Å²) in [6.45, 7) is 2.01. The first kappa shape index (κ1) is 15.1. The molecule has 2 aromatic rings. The molecular weight excluding hydrogens is 266 g/mol. The number of amides is 1. The van der Waals surface area contributed by atoms with Gasteiger partial charge in [-0.25, -0.2) is 0 Å². The van der Waals surface area contributed by atoms with Crippen molar-refractivity contribution in [2.45, 2.75) is 25.4 Å². The zero-order valence-corrected chi connectivity index (χ0v) is 11.9. The summed E-state index contributed by atoms with van der Waals surface area (Å²) in [5, 5.41) is 20.8. The molecule has 1 unspecified atom stereocenters. The summed E-state index contributed by atoms with van der Waals surface area (Å²) >= 11 is 0. The van der Waals surface area contributed by atoms with Crippen molar-refractivity contribution >= 4 is 5.91 Å². The highest BCUT2D eigenvalue weighted by atomic mass is 16.3. The molecule has 2 rings (SSSR count). The predicted molar refractivity (Wildman–Crippen MR) is 80.7 cm³/mol. The van der Waals surface area contributed by atoms with Crippen LogP contribution in [0.3, 0.4) is 0 Å². The molecule has 110 valence electrons. The molecule has 4 nitrogen and oxygen atoms in total. The highest BCUT2D eigenvalue weighted by Gasteiger charge is 2.38. The van der Waals surface area contributed by atoms with Gasteiger partial charge in [0.25, 0.3) is 5.91 Å². The number of aliphatic hydroxyl groups is 1. The summed E-state index contributed by atoms with van der Waals surface area (Å²) in [5.41, 5.74) is 4.87. The van der Waals surface area contributed by atoms with E-state index in [-0.39, 0.29) is 11.3 Å². The van der Waals surface area contributed by atoms with Crippen LogP contribution in [0.5, 0.6) is 5.75 Å². The number of aryl methyl sites for hydroxylation is 1. The van der Waals surface area contributed by atoms with Crippen molar-refractivity contribution in [3.63, 3.8) is 0 Å². The van der Waals surface area contributed by atoms with Crippen LogP contribution in [0.4, 0.5) is 0 Å². The third kappa shape index (κ3) is 2.76. The standard InChI is InChI=1S/C17H19NO3/c1-2-6-12-9-10-14(11-15(12)19)17(21,16(18)20)13-7-4-3-5-8-13/h3-5,7-11,19,21H,2,6H2,1H3,(H2,18,20). The van der Waals surface area contributed by atoms with Gasteiger partial charge in [0.1, 0.15) is 5.75 Å². The van der Waals surface area contributed by atoms with Gasteiger partial charge in [-0.05, 0) is 23.6 Å². The first-order valence-electron chi connectivity index (χ1n) is 6.90. The van der Waals surface area contributed by atoms with Crippen molar-refractivity contribution in [1.82, 2.24) is 0 Å². The van der Waals surface area contributed by atoms with Gasteiger partial charge in [0.2, 0.25) is 0 Å². The number of primary amides is 1. The Balaban J connectivity index is 2.54. The summed E-state index contributed by atoms with van der Waals surface area (Å²) in [5.74, 6) is -0.818. The first-order valence-corrected chi connectivity index (χ1v) is 6.90. The molecule has 0 aromatic heterocycles. The van der Waals surface area contributed by atoms with Gasteiger partial charge in [-0.1, -0.05) is 55.8 Å². The third-order valence-electron chi connectivity index (χ3n) is 3.57. The fourth-order valence-corrected chi connectivity index (χ4v) is 2.40. The van der Waals surface area contributed by atoms with E-state index in [1.807, 2.05) is 6.92 Å². The van der Waals surface area contributed by atoms with E-state index in [4.69, 9.17) is 5.73 Å². The van der Waals surface area contributed by atoms with Gasteiger partial charge in [0.15, 0.2) is 5.60 Å². The zero-order chi connectivity index (χ0) is 15.5. The Morgan fingerprint density at radius 1 is 1.14 bits per heavy atom. The summed E-state index contributed by atoms with van der Waals surface area (Å²) in [6, 6.07) is 13.2. The minimum Gasteiger partial charge on any atom is -0.508 e. The third-order valence-corrected chi connectivity index (χ3v) is 3.57. The molecule has 0 spiro atoms. The van der Waals surface area contributed by atoms with Gasteiger partial charge in [-0.15, -0.1) is 0 Å². The number of benzene rings is 2. The summed E-state index contributed by atoms with van der Waals surface area (Å²) in [7, 11) is 0. The van der Waals surface area contributed by atoms with Gasteiger partial charge in [-0.3, -0.25) is 4.79 Å². The molecule has 0 aliphatic heterocycles. The average Bonchev–Trinajstić information content (AvgIpc) is 2.49. The number of hydrogen-bond donors (Lipinski definition) is 3. The van der Waals surface area contributed by atoms with E-state index in [0.29, 0.717) is 5.56 Å². The van der Waals surface area contributed by atoms with Crippen LogP contribution >= 0.6 is 0 Å². The minimum atomic E-state index is -1.95. The largest absolute Gasteiger partial charge is 0.508 e. The fourth-order valence-electron chi connectivity index (χ4n) is 2.40. The van der Waals surface area contributed by atoms with Crippen molar-refractivity contribution < 1.29 is 15.0 Å². The minimum absolute atomic E-state index is 0.0601. The van der Waals surface area contributed by atoms with Crippen molar-refractivity contribution in [3.05, 3.63) is 65.2 Å². The fraction of sp³-hybridized carbons (Fsp3) is 0.235. The molecule has 0 saturated heterocycles. The van der Waals surface area contributed by atoms with Crippen molar-refractivity contribution in [3.8, 4) is 5.75 Å². The smallest absolute Gasteiger partial charge is 0.258 e. The molecule has 0 aliphatic carbocycles. The Labute approximate surface area is 123 Å². The molecule has 4 N–H and O–H groups in total. The molecule has 1 amide bonds. The van der Waals surface area contributed by atoms with Gasteiger partial charge >= 0.3 is 0 Å². The van der Waals surface area contributed by atoms with Gasteiger partial charge in [-0.2, -0.15) is 0 Å². The number of carbonyl (C=O) groups excluding carboxylic acids is 1. The van der Waals surface area contributed by atoms with Crippen molar-refractivity contribution in [2.24, 2.45) is 5.73 Å². The van der Waals surface area contributed by atoms with E-state index in [9.17, 15) is 15.0 Å². The molecule has 0 heterocycles. The maximum absolute atomic E-state index is 11.8. The maximum atomic E-state index is 11.8. The number of aromatic hydroxyl groups is 1. The normalized spacial score (nSPS) is 13.6. The first-order chi connectivity index (χ1) is 10.00. The Hall–Kier alpha value is -2.33. The maximum Gasteiger partial charge on any atom is 0.258 e. The number of hydrogen-bond acceptors (Lipinski definition) is 3. The molecular formula is C17H19NO3. The lowest BCUT2D eigenvalue weighted by molar-refractivity contribution is -0.133. The quantitative estimate of drug-likeness (QED) is 0.786. The van der Waals surface area contributed by atoms with Crippen LogP contribution in [0.1, 0.15) is 30.0 Å². The van der Waals surface area contributed by atoms with E-state index >= 15 is 0 Å². The van der Waals surface area contributed by atoms with E-state index in [0.717, 1.165) is 18.4 Å². The average molecular weight is 285 g/mol. The van der Waals surface area contributed by atoms with Crippen LogP contribution in [0.2, 0.25) is 0 Å². The van der Waals surface area contributed by atoms with Crippen LogP contribution in [-0.2, 0) is 16.8 Å². The Morgan fingerprint density at radius 2 is 1.81 bits per heavy atom. The van der Waals surface area contributed by atoms with E-state index in [1.165, 1.54) is 6.07 Å². The molecule has 21 heavy (non-hydrogen) atoms. The number of phenols is 1. The summed E-state index contributed by atoms with van der Waals surface area (Å²) < 4.78 is 0. The molecule has 0 aliphatic rings. The van der Waals surface area contributed by atoms with E-state index in [1.54, 1.807) is 42.5 Å². The Bertz CT molecular complexity index is 640. The van der Waals surface area contributed by atoms with Crippen LogP contribution in [0.25, 0.3) is 0 Å². The second kappa shape index (κ2) is 5.97. The number of phenolic OH excluding ortho intramolecular Hbond substituents is 1. The Morgan fingerprint density at radius 3 is 2.33 bits per heavy atom. The number of rotatable bonds is 5. The lowest BCUT2D eigenvalue weighted by Gasteiger charge is -2.26. The van der Waals surface area contributed by atoms with Crippen LogP contribution in [-0.4, -0.2) is 16.1 Å². The van der Waals surface area contributed by atoms with E-state index < -0.39 is 11.5 Å². The Kier molecular flexibility index (Phi) is 4.29. The molecule has 2 aromatic carbocycles. The van der Waals surface area contributed by atoms with Crippen molar-refractivity contribution in [1.29, 1.82) is 0 Å². The van der Waals surface area contributed by atoms with Gasteiger partial charge in [0, 0.05) is 5.56 Å². The lowest BCUT2D eigenvalue weighted by atomic mass is 9.85. The molecule has 0 bridgehead atoms.